The minimum absolute atomic E-state index is 0. The minimum Gasteiger partial charge on any atom is -0.479 e. The van der Waals surface area contributed by atoms with Crippen LogP contribution in [-0.4, -0.2) is 12.0 Å². The van der Waals surface area contributed by atoms with E-state index >= 15 is 0 Å². The number of hydrogen-bond donors (Lipinski definition) is 2. The number of carbonyl (C=O) groups excluding carboxylic acids is 1. The van der Waals surface area contributed by atoms with Crippen molar-refractivity contribution in [3.05, 3.63) is 58.1 Å². The van der Waals surface area contributed by atoms with Gasteiger partial charge in [0.15, 0.2) is 6.10 Å². The van der Waals surface area contributed by atoms with E-state index in [9.17, 15) is 4.79 Å². The molecule has 3 rings (SSSR count). The smallest absolute Gasteiger partial charge is 0.261 e. The number of anilines is 1. The number of benzene rings is 2. The maximum atomic E-state index is 12.6. The van der Waals surface area contributed by atoms with Gasteiger partial charge < -0.3 is 15.8 Å². The zero-order valence-corrected chi connectivity index (χ0v) is 16.5. The number of hydrogen-bond acceptors (Lipinski definition) is 3. The molecule has 140 valence electrons. The molecule has 2 aromatic carbocycles. The van der Waals surface area contributed by atoms with Crippen molar-refractivity contribution in [2.24, 2.45) is 0 Å². The first-order chi connectivity index (χ1) is 11.9. The molecule has 0 saturated carbocycles. The average Bonchev–Trinajstić information content (AvgIpc) is 2.58. The highest BCUT2D eigenvalue weighted by molar-refractivity contribution is 6.32. The number of rotatable bonds is 4. The molecule has 26 heavy (non-hydrogen) atoms. The van der Waals surface area contributed by atoms with Gasteiger partial charge >= 0.3 is 0 Å². The van der Waals surface area contributed by atoms with Crippen molar-refractivity contribution in [2.45, 2.75) is 45.3 Å². The third-order valence-electron chi connectivity index (χ3n) is 4.56. The van der Waals surface area contributed by atoms with Crippen LogP contribution in [0, 0.1) is 6.92 Å². The molecule has 1 aliphatic rings. The Hall–Kier alpha value is -1.91. The Labute approximate surface area is 165 Å². The fourth-order valence-corrected chi connectivity index (χ4v) is 3.38. The van der Waals surface area contributed by atoms with Crippen molar-refractivity contribution in [3.63, 3.8) is 0 Å². The zero-order chi connectivity index (χ0) is 18.0. The van der Waals surface area contributed by atoms with Gasteiger partial charge in [-0.15, -0.1) is 12.4 Å². The van der Waals surface area contributed by atoms with Gasteiger partial charge in [0.05, 0.1) is 11.1 Å². The Balaban J connectivity index is 0.00000243. The molecule has 0 aromatic heterocycles. The van der Waals surface area contributed by atoms with E-state index in [1.54, 1.807) is 13.0 Å². The summed E-state index contributed by atoms with van der Waals surface area (Å²) in [4.78, 5) is 12.6. The van der Waals surface area contributed by atoms with Gasteiger partial charge in [0, 0.05) is 5.69 Å². The summed E-state index contributed by atoms with van der Waals surface area (Å²) < 4.78 is 5.77. The molecule has 2 atom stereocenters. The van der Waals surface area contributed by atoms with Crippen molar-refractivity contribution in [3.8, 4) is 5.75 Å². The summed E-state index contributed by atoms with van der Waals surface area (Å²) in [5.41, 5.74) is 10.0. The van der Waals surface area contributed by atoms with Crippen LogP contribution >= 0.6 is 24.0 Å². The Morgan fingerprint density at radius 3 is 2.85 bits per heavy atom. The monoisotopic (exact) mass is 394 g/mol. The molecule has 3 N–H and O–H groups in total. The number of halogens is 2. The highest BCUT2D eigenvalue weighted by atomic mass is 35.5. The summed E-state index contributed by atoms with van der Waals surface area (Å²) in [6, 6.07) is 11.4. The van der Waals surface area contributed by atoms with E-state index in [1.165, 1.54) is 5.56 Å². The van der Waals surface area contributed by atoms with Crippen molar-refractivity contribution in [1.29, 1.82) is 0 Å². The highest BCUT2D eigenvalue weighted by Gasteiger charge is 2.25. The number of nitrogens with one attached hydrogen (secondary N) is 1. The molecule has 6 heteroatoms. The maximum absolute atomic E-state index is 12.6. The van der Waals surface area contributed by atoms with E-state index in [0.29, 0.717) is 10.8 Å². The van der Waals surface area contributed by atoms with Crippen LogP contribution in [0.25, 0.3) is 0 Å². The molecule has 0 spiro atoms. The fourth-order valence-electron chi connectivity index (χ4n) is 3.22. The first-order valence-corrected chi connectivity index (χ1v) is 8.93. The number of amides is 1. The van der Waals surface area contributed by atoms with E-state index in [0.717, 1.165) is 36.1 Å². The van der Waals surface area contributed by atoms with Crippen molar-refractivity contribution < 1.29 is 9.53 Å². The summed E-state index contributed by atoms with van der Waals surface area (Å²) in [6.07, 6.45) is 2.32. The van der Waals surface area contributed by atoms with Crippen LogP contribution in [0.3, 0.4) is 0 Å². The summed E-state index contributed by atoms with van der Waals surface area (Å²) in [6.45, 7) is 3.69. The van der Waals surface area contributed by atoms with Crippen LogP contribution in [0.1, 0.15) is 42.5 Å². The molecule has 0 heterocycles. The minimum atomic E-state index is -0.626. The molecule has 4 nitrogen and oxygen atoms in total. The number of fused-ring (bicyclic) bond motifs is 1. The second-order valence-corrected chi connectivity index (χ2v) is 7.01. The molecule has 0 saturated heterocycles. The average molecular weight is 395 g/mol. The quantitative estimate of drug-likeness (QED) is 0.743. The van der Waals surface area contributed by atoms with E-state index in [1.807, 2.05) is 37.3 Å². The summed E-state index contributed by atoms with van der Waals surface area (Å²) >= 11 is 6.15. The van der Waals surface area contributed by atoms with Gasteiger partial charge in [-0.1, -0.05) is 23.7 Å². The van der Waals surface area contributed by atoms with Gasteiger partial charge in [-0.25, -0.2) is 0 Å². The van der Waals surface area contributed by atoms with Crippen molar-refractivity contribution >= 4 is 35.6 Å². The fraction of sp³-hybridized carbons (Fsp3) is 0.350. The summed E-state index contributed by atoms with van der Waals surface area (Å²) in [5, 5.41) is 3.60. The van der Waals surface area contributed by atoms with Gasteiger partial charge in [0.1, 0.15) is 5.75 Å². The summed E-state index contributed by atoms with van der Waals surface area (Å²) in [7, 11) is 0. The van der Waals surface area contributed by atoms with E-state index in [4.69, 9.17) is 22.1 Å². The van der Waals surface area contributed by atoms with Crippen LogP contribution in [-0.2, 0) is 11.2 Å². The molecule has 0 bridgehead atoms. The number of nitrogens with two attached hydrogens (primary N) is 1. The second-order valence-electron chi connectivity index (χ2n) is 6.61. The molecular weight excluding hydrogens is 371 g/mol. The molecule has 1 aliphatic carbocycles. The van der Waals surface area contributed by atoms with Gasteiger partial charge in [-0.2, -0.15) is 0 Å². The van der Waals surface area contributed by atoms with Crippen LogP contribution in [0.5, 0.6) is 5.75 Å². The normalized spacial score (nSPS) is 16.8. The molecule has 0 aliphatic heterocycles. The number of aryl methyl sites for hydroxylation is 2. The largest absolute Gasteiger partial charge is 0.479 e. The van der Waals surface area contributed by atoms with Crippen LogP contribution in [0.4, 0.5) is 5.69 Å². The Morgan fingerprint density at radius 1 is 1.31 bits per heavy atom. The third kappa shape index (κ3) is 4.63. The lowest BCUT2D eigenvalue weighted by Gasteiger charge is -2.28. The predicted octanol–water partition coefficient (Wildman–Crippen LogP) is 4.61. The lowest BCUT2D eigenvalue weighted by Crippen LogP contribution is -2.39. The first-order valence-electron chi connectivity index (χ1n) is 8.55. The van der Waals surface area contributed by atoms with Gasteiger partial charge in [-0.3, -0.25) is 4.79 Å². The molecule has 2 unspecified atom stereocenters. The Morgan fingerprint density at radius 2 is 2.08 bits per heavy atom. The Kier molecular flexibility index (Phi) is 6.79. The Bertz CT molecular complexity index is 795. The standard InChI is InChI=1S/C20H23ClN2O2.ClH/c1-12-6-9-17(21)19(10-12)25-13(2)20(24)23-18-5-3-4-14-11-15(22)7-8-16(14)18;/h6-11,13,18H,3-5,22H2,1-2H3,(H,23,24);1H. The van der Waals surface area contributed by atoms with Crippen molar-refractivity contribution in [2.75, 3.05) is 5.73 Å². The summed E-state index contributed by atoms with van der Waals surface area (Å²) in [5.74, 6) is 0.383. The predicted molar refractivity (Wildman–Crippen MR) is 108 cm³/mol. The molecular formula is C20H24Cl2N2O2. The van der Waals surface area contributed by atoms with Gasteiger partial charge in [-0.05, 0) is 74.1 Å². The molecule has 0 fully saturated rings. The van der Waals surface area contributed by atoms with Crippen LogP contribution < -0.4 is 15.8 Å². The van der Waals surface area contributed by atoms with E-state index < -0.39 is 6.10 Å². The SMILES string of the molecule is Cc1ccc(Cl)c(OC(C)C(=O)NC2CCCc3cc(N)ccc32)c1.Cl. The number of carbonyl (C=O) groups is 1. The molecule has 2 aromatic rings. The molecule has 0 radical (unpaired) electrons. The maximum Gasteiger partial charge on any atom is 0.261 e. The van der Waals surface area contributed by atoms with E-state index in [2.05, 4.69) is 5.32 Å². The first kappa shape index (κ1) is 20.4. The van der Waals surface area contributed by atoms with Crippen LogP contribution in [0.15, 0.2) is 36.4 Å². The van der Waals surface area contributed by atoms with E-state index in [-0.39, 0.29) is 24.4 Å². The van der Waals surface area contributed by atoms with Crippen molar-refractivity contribution in [1.82, 2.24) is 5.32 Å². The number of nitrogen functional groups attached to an aromatic ring is 1. The molecule has 1 amide bonds. The third-order valence-corrected chi connectivity index (χ3v) is 4.87. The highest BCUT2D eigenvalue weighted by Crippen LogP contribution is 2.31. The topological polar surface area (TPSA) is 64.3 Å². The van der Waals surface area contributed by atoms with Gasteiger partial charge in [0.25, 0.3) is 5.91 Å². The number of ether oxygens (including phenoxy) is 1. The lowest BCUT2D eigenvalue weighted by molar-refractivity contribution is -0.128. The lowest BCUT2D eigenvalue weighted by atomic mass is 9.87. The van der Waals surface area contributed by atoms with Gasteiger partial charge in [0.2, 0.25) is 0 Å². The van der Waals surface area contributed by atoms with Crippen LogP contribution in [0.2, 0.25) is 5.02 Å². The zero-order valence-electron chi connectivity index (χ0n) is 14.9. The second kappa shape index (κ2) is 8.65.